The molecule has 2 aromatic carbocycles. The number of aromatic nitrogens is 2. The van der Waals surface area contributed by atoms with Crippen molar-refractivity contribution in [3.05, 3.63) is 75.8 Å². The van der Waals surface area contributed by atoms with E-state index in [1.54, 1.807) is 24.1 Å². The number of benzene rings is 2. The minimum absolute atomic E-state index is 0.0227. The highest BCUT2D eigenvalue weighted by atomic mass is 35.5. The predicted octanol–water partition coefficient (Wildman–Crippen LogP) is 4.69. The highest BCUT2D eigenvalue weighted by Gasteiger charge is 2.26. The lowest BCUT2D eigenvalue weighted by molar-refractivity contribution is -0.383. The zero-order chi connectivity index (χ0) is 18.7. The molecule has 3 rings (SSSR count). The summed E-state index contributed by atoms with van der Waals surface area (Å²) < 4.78 is 13.3. The van der Waals surface area contributed by atoms with Crippen molar-refractivity contribution in [1.29, 1.82) is 0 Å². The molecule has 26 heavy (non-hydrogen) atoms. The topological polar surface area (TPSA) is 84.2 Å². The Bertz CT molecular complexity index is 955. The number of nitrogens with zero attached hydrogens (tertiary/aromatic N) is 4. The number of nitro groups is 1. The second-order valence-electron chi connectivity index (χ2n) is 5.30. The molecule has 3 aromatic rings. The van der Waals surface area contributed by atoms with Crippen molar-refractivity contribution in [2.75, 3.05) is 17.3 Å². The minimum atomic E-state index is -0.584. The van der Waals surface area contributed by atoms with Crippen LogP contribution < -0.4 is 10.2 Å². The third-order valence-corrected chi connectivity index (χ3v) is 3.92. The lowest BCUT2D eigenvalue weighted by atomic mass is 10.2. The molecule has 0 unspecified atom stereocenters. The van der Waals surface area contributed by atoms with Gasteiger partial charge in [-0.25, -0.2) is 14.4 Å². The molecule has 1 aromatic heterocycles. The van der Waals surface area contributed by atoms with E-state index < -0.39 is 10.7 Å². The largest absolute Gasteiger partial charge is 0.354 e. The summed E-state index contributed by atoms with van der Waals surface area (Å²) in [5, 5.41) is 14.4. The Labute approximate surface area is 153 Å². The molecule has 0 radical (unpaired) electrons. The Kier molecular flexibility index (Phi) is 4.94. The first-order valence-corrected chi connectivity index (χ1v) is 7.85. The predicted molar refractivity (Wildman–Crippen MR) is 97.9 cm³/mol. The van der Waals surface area contributed by atoms with Crippen molar-refractivity contribution < 1.29 is 9.31 Å². The van der Waals surface area contributed by atoms with E-state index in [9.17, 15) is 14.5 Å². The molecule has 0 amide bonds. The zero-order valence-electron chi connectivity index (χ0n) is 13.6. The van der Waals surface area contributed by atoms with E-state index in [4.69, 9.17) is 11.6 Å². The standard InChI is InChI=1S/C17H13ClFN5O2/c1-23(12-5-3-2-4-6-12)17-15(24(25)26)16(20-10-21-17)22-11-7-8-14(19)13(18)9-11/h2-10H,1H3,(H,20,21,22). The van der Waals surface area contributed by atoms with Gasteiger partial charge in [0.05, 0.1) is 9.95 Å². The molecule has 0 atom stereocenters. The SMILES string of the molecule is CN(c1ccccc1)c1ncnc(Nc2ccc(F)c(Cl)c2)c1[N+](=O)[O-]. The number of rotatable bonds is 5. The molecule has 7 nitrogen and oxygen atoms in total. The summed E-state index contributed by atoms with van der Waals surface area (Å²) in [6.07, 6.45) is 1.22. The van der Waals surface area contributed by atoms with Gasteiger partial charge in [0.1, 0.15) is 12.1 Å². The lowest BCUT2D eigenvalue weighted by Crippen LogP contribution is -2.15. The van der Waals surface area contributed by atoms with Crippen LogP contribution in [0.4, 0.5) is 33.1 Å². The Morgan fingerprint density at radius 2 is 1.92 bits per heavy atom. The van der Waals surface area contributed by atoms with Gasteiger partial charge in [-0.05, 0) is 30.3 Å². The number of nitrogens with one attached hydrogen (secondary N) is 1. The van der Waals surface area contributed by atoms with Gasteiger partial charge in [-0.2, -0.15) is 0 Å². The molecule has 0 saturated carbocycles. The summed E-state index contributed by atoms with van der Waals surface area (Å²) in [7, 11) is 1.67. The normalized spacial score (nSPS) is 10.4. The second kappa shape index (κ2) is 7.32. The maximum absolute atomic E-state index is 13.3. The van der Waals surface area contributed by atoms with E-state index in [0.29, 0.717) is 5.69 Å². The van der Waals surface area contributed by atoms with Crippen molar-refractivity contribution in [2.24, 2.45) is 0 Å². The smallest absolute Gasteiger partial charge is 0.334 e. The molecule has 0 aliphatic carbocycles. The Morgan fingerprint density at radius 1 is 1.19 bits per heavy atom. The molecule has 0 bridgehead atoms. The fourth-order valence-corrected chi connectivity index (χ4v) is 2.54. The summed E-state index contributed by atoms with van der Waals surface area (Å²) in [5.74, 6) is -0.490. The molecule has 1 heterocycles. The molecule has 0 saturated heterocycles. The summed E-state index contributed by atoms with van der Waals surface area (Å²) in [6, 6.07) is 13.0. The maximum atomic E-state index is 13.3. The number of hydrogen-bond acceptors (Lipinski definition) is 6. The zero-order valence-corrected chi connectivity index (χ0v) is 14.3. The summed E-state index contributed by atoms with van der Waals surface area (Å²) >= 11 is 5.75. The number of anilines is 4. The fourth-order valence-electron chi connectivity index (χ4n) is 2.36. The van der Waals surface area contributed by atoms with Gasteiger partial charge in [-0.3, -0.25) is 10.1 Å². The van der Waals surface area contributed by atoms with Crippen LogP contribution in [-0.2, 0) is 0 Å². The van der Waals surface area contributed by atoms with Gasteiger partial charge in [0, 0.05) is 18.4 Å². The molecule has 0 spiro atoms. The van der Waals surface area contributed by atoms with Gasteiger partial charge in [0.15, 0.2) is 0 Å². The van der Waals surface area contributed by atoms with Crippen LogP contribution in [0.1, 0.15) is 0 Å². The van der Waals surface area contributed by atoms with Gasteiger partial charge in [-0.1, -0.05) is 29.8 Å². The van der Waals surface area contributed by atoms with Crippen LogP contribution in [0.5, 0.6) is 0 Å². The highest BCUT2D eigenvalue weighted by molar-refractivity contribution is 6.31. The van der Waals surface area contributed by atoms with E-state index in [1.807, 2.05) is 18.2 Å². The van der Waals surface area contributed by atoms with Crippen molar-refractivity contribution in [1.82, 2.24) is 9.97 Å². The van der Waals surface area contributed by atoms with Crippen molar-refractivity contribution >= 4 is 40.3 Å². The van der Waals surface area contributed by atoms with Gasteiger partial charge in [-0.15, -0.1) is 0 Å². The van der Waals surface area contributed by atoms with Crippen molar-refractivity contribution in [2.45, 2.75) is 0 Å². The van der Waals surface area contributed by atoms with Gasteiger partial charge < -0.3 is 10.2 Å². The average Bonchev–Trinajstić information content (AvgIpc) is 2.64. The van der Waals surface area contributed by atoms with Crippen LogP contribution in [-0.4, -0.2) is 21.9 Å². The van der Waals surface area contributed by atoms with Crippen LogP contribution in [0.15, 0.2) is 54.9 Å². The monoisotopic (exact) mass is 373 g/mol. The summed E-state index contributed by atoms with van der Waals surface area (Å²) in [4.78, 5) is 20.7. The summed E-state index contributed by atoms with van der Waals surface area (Å²) in [6.45, 7) is 0. The van der Waals surface area contributed by atoms with Crippen LogP contribution >= 0.6 is 11.6 Å². The van der Waals surface area contributed by atoms with E-state index in [0.717, 1.165) is 11.8 Å². The van der Waals surface area contributed by atoms with Gasteiger partial charge in [0.25, 0.3) is 0 Å². The summed E-state index contributed by atoms with van der Waals surface area (Å²) in [5.41, 5.74) is 0.788. The van der Waals surface area contributed by atoms with Crippen LogP contribution in [0.2, 0.25) is 5.02 Å². The third-order valence-electron chi connectivity index (χ3n) is 3.63. The molecule has 0 aliphatic rings. The van der Waals surface area contributed by atoms with Gasteiger partial charge in [0.2, 0.25) is 11.6 Å². The molecule has 132 valence electrons. The molecule has 0 aliphatic heterocycles. The van der Waals surface area contributed by atoms with Crippen molar-refractivity contribution in [3.8, 4) is 0 Å². The second-order valence-corrected chi connectivity index (χ2v) is 5.71. The Hall–Kier alpha value is -3.26. The fraction of sp³-hybridized carbons (Fsp3) is 0.0588. The quantitative estimate of drug-likeness (QED) is 0.516. The van der Waals surface area contributed by atoms with Gasteiger partial charge >= 0.3 is 5.69 Å². The first-order valence-electron chi connectivity index (χ1n) is 7.47. The Balaban J connectivity index is 2.03. The minimum Gasteiger partial charge on any atom is -0.334 e. The number of para-hydroxylation sites is 1. The number of hydrogen-bond donors (Lipinski definition) is 1. The first kappa shape index (κ1) is 17.6. The maximum Gasteiger partial charge on any atom is 0.354 e. The first-order chi connectivity index (χ1) is 12.5. The van der Waals surface area contributed by atoms with Crippen molar-refractivity contribution in [3.63, 3.8) is 0 Å². The van der Waals surface area contributed by atoms with Crippen LogP contribution in [0.25, 0.3) is 0 Å². The van der Waals surface area contributed by atoms with Crippen LogP contribution in [0.3, 0.4) is 0 Å². The molecular formula is C17H13ClFN5O2. The third kappa shape index (κ3) is 3.55. The highest BCUT2D eigenvalue weighted by Crippen LogP contribution is 2.36. The molecule has 9 heteroatoms. The van der Waals surface area contributed by atoms with E-state index >= 15 is 0 Å². The van der Waals surface area contributed by atoms with Crippen LogP contribution in [0, 0.1) is 15.9 Å². The lowest BCUT2D eigenvalue weighted by Gasteiger charge is -2.18. The average molecular weight is 374 g/mol. The molecular weight excluding hydrogens is 361 g/mol. The van der Waals surface area contributed by atoms with E-state index in [1.165, 1.54) is 18.5 Å². The van der Waals surface area contributed by atoms with E-state index in [2.05, 4.69) is 15.3 Å². The molecule has 1 N–H and O–H groups in total. The number of halogens is 2. The Morgan fingerprint density at radius 3 is 2.58 bits per heavy atom. The molecule has 0 fully saturated rings. The van der Waals surface area contributed by atoms with E-state index in [-0.39, 0.29) is 22.3 Å².